The maximum absolute atomic E-state index is 12.7. The fourth-order valence-electron chi connectivity index (χ4n) is 3.30. The number of aryl methyl sites for hydroxylation is 2. The van der Waals surface area contributed by atoms with Crippen LogP contribution in [0.2, 0.25) is 0 Å². The number of aromatic nitrogens is 3. The summed E-state index contributed by atoms with van der Waals surface area (Å²) in [6, 6.07) is 18.3. The van der Waals surface area contributed by atoms with Crippen molar-refractivity contribution in [1.82, 2.24) is 15.0 Å². The maximum Gasteiger partial charge on any atom is 0.261 e. The van der Waals surface area contributed by atoms with Gasteiger partial charge in [0, 0.05) is 29.2 Å². The van der Waals surface area contributed by atoms with Crippen LogP contribution in [-0.2, 0) is 10.0 Å². The predicted molar refractivity (Wildman–Crippen MR) is 136 cm³/mol. The Balaban J connectivity index is 1.47. The summed E-state index contributed by atoms with van der Waals surface area (Å²) in [7, 11) is -3.84. The zero-order valence-corrected chi connectivity index (χ0v) is 20.2. The lowest BCUT2D eigenvalue weighted by atomic mass is 10.2. The second kappa shape index (κ2) is 9.90. The van der Waals surface area contributed by atoms with Gasteiger partial charge in [0.15, 0.2) is 5.78 Å². The number of sulfonamides is 1. The fourth-order valence-corrected chi connectivity index (χ4v) is 4.40. The van der Waals surface area contributed by atoms with Gasteiger partial charge in [0.25, 0.3) is 10.0 Å². The molecular formula is C25H24N6O3S. The normalized spacial score (nSPS) is 11.1. The van der Waals surface area contributed by atoms with Gasteiger partial charge in [-0.3, -0.25) is 9.52 Å². The van der Waals surface area contributed by atoms with E-state index in [9.17, 15) is 13.2 Å². The van der Waals surface area contributed by atoms with Crippen LogP contribution in [0.5, 0.6) is 0 Å². The second-order valence-electron chi connectivity index (χ2n) is 7.92. The molecule has 10 heteroatoms. The van der Waals surface area contributed by atoms with Crippen molar-refractivity contribution >= 4 is 44.6 Å². The zero-order valence-electron chi connectivity index (χ0n) is 19.4. The number of rotatable bonds is 8. The minimum Gasteiger partial charge on any atom is -0.340 e. The van der Waals surface area contributed by atoms with Crippen molar-refractivity contribution in [3.05, 3.63) is 89.9 Å². The van der Waals surface area contributed by atoms with Gasteiger partial charge in [-0.05, 0) is 74.9 Å². The van der Waals surface area contributed by atoms with Gasteiger partial charge in [0.2, 0.25) is 0 Å². The summed E-state index contributed by atoms with van der Waals surface area (Å²) >= 11 is 0. The van der Waals surface area contributed by atoms with E-state index in [4.69, 9.17) is 0 Å². The standard InChI is InChI=1S/C25H24N6O3S/c1-16-11-12-26-23(13-16)30-25-15-24(27-18(3)28-25)29-20-7-9-21(10-8-20)31-35(33,34)22-6-4-5-19(14-22)17(2)32/h4-15,31H,1-3H3,(H2,26,27,28,29,30). The largest absolute Gasteiger partial charge is 0.340 e. The van der Waals surface area contributed by atoms with Gasteiger partial charge >= 0.3 is 0 Å². The second-order valence-corrected chi connectivity index (χ2v) is 9.60. The Morgan fingerprint density at radius 2 is 1.49 bits per heavy atom. The molecule has 0 amide bonds. The number of carbonyl (C=O) groups excluding carboxylic acids is 1. The molecule has 2 aromatic heterocycles. The number of hydrogen-bond donors (Lipinski definition) is 3. The topological polar surface area (TPSA) is 126 Å². The first-order chi connectivity index (χ1) is 16.7. The van der Waals surface area contributed by atoms with Crippen molar-refractivity contribution < 1.29 is 13.2 Å². The molecule has 0 aliphatic carbocycles. The van der Waals surface area contributed by atoms with Crippen molar-refractivity contribution in [3.8, 4) is 0 Å². The smallest absolute Gasteiger partial charge is 0.261 e. The van der Waals surface area contributed by atoms with Crippen molar-refractivity contribution in [2.45, 2.75) is 25.7 Å². The van der Waals surface area contributed by atoms with Crippen molar-refractivity contribution in [3.63, 3.8) is 0 Å². The van der Waals surface area contributed by atoms with E-state index in [1.807, 2.05) is 19.1 Å². The third-order valence-corrected chi connectivity index (χ3v) is 6.35. The summed E-state index contributed by atoms with van der Waals surface area (Å²) in [4.78, 5) is 24.7. The van der Waals surface area contributed by atoms with E-state index in [0.29, 0.717) is 40.2 Å². The van der Waals surface area contributed by atoms with Crippen LogP contribution in [-0.4, -0.2) is 29.2 Å². The lowest BCUT2D eigenvalue weighted by Gasteiger charge is -2.12. The molecule has 2 aromatic carbocycles. The number of anilines is 5. The van der Waals surface area contributed by atoms with E-state index < -0.39 is 10.0 Å². The molecule has 0 bridgehead atoms. The third-order valence-electron chi connectivity index (χ3n) is 4.97. The van der Waals surface area contributed by atoms with Gasteiger partial charge < -0.3 is 10.6 Å². The number of nitrogens with one attached hydrogen (secondary N) is 3. The van der Waals surface area contributed by atoms with Crippen LogP contribution in [0.3, 0.4) is 0 Å². The fraction of sp³-hybridized carbons (Fsp3) is 0.120. The van der Waals surface area contributed by atoms with Crippen molar-refractivity contribution in [1.29, 1.82) is 0 Å². The molecule has 0 aliphatic rings. The average molecular weight is 489 g/mol. The predicted octanol–water partition coefficient (Wildman–Crippen LogP) is 4.98. The summed E-state index contributed by atoms with van der Waals surface area (Å²) in [5, 5.41) is 6.37. The van der Waals surface area contributed by atoms with E-state index in [2.05, 4.69) is 30.3 Å². The SMILES string of the molecule is CC(=O)c1cccc(S(=O)(=O)Nc2ccc(Nc3cc(Nc4cc(C)ccn4)nc(C)n3)cc2)c1. The number of Topliss-reactive ketones (excluding diaryl/α,β-unsaturated/α-hetero) is 1. The minimum atomic E-state index is -3.84. The molecule has 0 fully saturated rings. The molecule has 0 saturated heterocycles. The van der Waals surface area contributed by atoms with E-state index in [1.54, 1.807) is 55.6 Å². The molecule has 178 valence electrons. The van der Waals surface area contributed by atoms with Gasteiger partial charge in [-0.15, -0.1) is 0 Å². The van der Waals surface area contributed by atoms with Gasteiger partial charge in [0.1, 0.15) is 23.3 Å². The highest BCUT2D eigenvalue weighted by molar-refractivity contribution is 7.92. The molecule has 0 atom stereocenters. The molecule has 0 unspecified atom stereocenters. The van der Waals surface area contributed by atoms with E-state index in [1.165, 1.54) is 19.1 Å². The minimum absolute atomic E-state index is 0.0204. The molecular weight excluding hydrogens is 464 g/mol. The monoisotopic (exact) mass is 488 g/mol. The zero-order chi connectivity index (χ0) is 25.0. The molecule has 2 heterocycles. The first-order valence-electron chi connectivity index (χ1n) is 10.7. The van der Waals surface area contributed by atoms with Gasteiger partial charge in [0.05, 0.1) is 4.90 Å². The molecule has 9 nitrogen and oxygen atoms in total. The molecule has 4 rings (SSSR count). The molecule has 35 heavy (non-hydrogen) atoms. The third kappa shape index (κ3) is 6.18. The molecule has 0 radical (unpaired) electrons. The molecule has 0 aliphatic heterocycles. The van der Waals surface area contributed by atoms with Gasteiger partial charge in [-0.2, -0.15) is 0 Å². The molecule has 4 aromatic rings. The van der Waals surface area contributed by atoms with Crippen molar-refractivity contribution in [2.75, 3.05) is 15.4 Å². The summed E-state index contributed by atoms with van der Waals surface area (Å²) in [5.74, 6) is 2.21. The Morgan fingerprint density at radius 1 is 0.800 bits per heavy atom. The van der Waals surface area contributed by atoms with Crippen LogP contribution >= 0.6 is 0 Å². The Hall–Kier alpha value is -4.31. The van der Waals surface area contributed by atoms with E-state index in [-0.39, 0.29) is 10.7 Å². The highest BCUT2D eigenvalue weighted by Crippen LogP contribution is 2.23. The Labute approximate surface area is 203 Å². The number of pyridine rings is 1. The summed E-state index contributed by atoms with van der Waals surface area (Å²) < 4.78 is 28.0. The number of benzene rings is 2. The Kier molecular flexibility index (Phi) is 6.74. The van der Waals surface area contributed by atoms with Gasteiger partial charge in [-0.1, -0.05) is 12.1 Å². The number of hydrogen-bond acceptors (Lipinski definition) is 8. The number of carbonyl (C=O) groups is 1. The van der Waals surface area contributed by atoms with Crippen LogP contribution < -0.4 is 15.4 Å². The molecule has 0 saturated carbocycles. The Bertz CT molecular complexity index is 1490. The maximum atomic E-state index is 12.7. The quantitative estimate of drug-likeness (QED) is 0.297. The summed E-state index contributed by atoms with van der Waals surface area (Å²) in [5.41, 5.74) is 2.51. The summed E-state index contributed by atoms with van der Waals surface area (Å²) in [6.45, 7) is 5.17. The number of nitrogens with zero attached hydrogens (tertiary/aromatic N) is 3. The molecule has 0 spiro atoms. The summed E-state index contributed by atoms with van der Waals surface area (Å²) in [6.07, 6.45) is 1.72. The number of ketones is 1. The van der Waals surface area contributed by atoms with Crippen LogP contribution in [0.1, 0.15) is 28.7 Å². The lowest BCUT2D eigenvalue weighted by molar-refractivity contribution is 0.101. The first kappa shape index (κ1) is 23.8. The van der Waals surface area contributed by atoms with Crippen LogP contribution in [0.4, 0.5) is 28.8 Å². The lowest BCUT2D eigenvalue weighted by Crippen LogP contribution is -2.13. The van der Waals surface area contributed by atoms with Crippen molar-refractivity contribution in [2.24, 2.45) is 0 Å². The van der Waals surface area contributed by atoms with E-state index in [0.717, 1.165) is 5.56 Å². The first-order valence-corrected chi connectivity index (χ1v) is 12.2. The van der Waals surface area contributed by atoms with Crippen LogP contribution in [0.15, 0.2) is 77.8 Å². The Morgan fingerprint density at radius 3 is 2.17 bits per heavy atom. The van der Waals surface area contributed by atoms with Gasteiger partial charge in [-0.25, -0.2) is 23.4 Å². The highest BCUT2D eigenvalue weighted by atomic mass is 32.2. The van der Waals surface area contributed by atoms with Crippen LogP contribution in [0.25, 0.3) is 0 Å². The van der Waals surface area contributed by atoms with E-state index >= 15 is 0 Å². The highest BCUT2D eigenvalue weighted by Gasteiger charge is 2.15. The van der Waals surface area contributed by atoms with Crippen LogP contribution in [0, 0.1) is 13.8 Å². The molecule has 3 N–H and O–H groups in total. The average Bonchev–Trinajstić information content (AvgIpc) is 2.80.